The molecule has 2 saturated heterocycles. The molecule has 6 heteroatoms. The normalized spacial score (nSPS) is 29.1. The van der Waals surface area contributed by atoms with E-state index in [1.807, 2.05) is 0 Å². The quantitative estimate of drug-likeness (QED) is 0.701. The Labute approximate surface area is 103 Å². The minimum Gasteiger partial charge on any atom is -0.315 e. The van der Waals surface area contributed by atoms with Crippen LogP contribution in [0, 0.1) is 11.3 Å². The van der Waals surface area contributed by atoms with E-state index in [9.17, 15) is 13.7 Å². The van der Waals surface area contributed by atoms with Crippen molar-refractivity contribution >= 4 is 9.84 Å². The third kappa shape index (κ3) is 2.79. The first-order valence-electron chi connectivity index (χ1n) is 6.15. The number of nitriles is 1. The van der Waals surface area contributed by atoms with Crippen LogP contribution in [0.15, 0.2) is 0 Å². The van der Waals surface area contributed by atoms with Gasteiger partial charge in [-0.3, -0.25) is 4.90 Å². The molecule has 0 aromatic heterocycles. The zero-order chi connectivity index (χ0) is 12.4. The number of nitrogens with one attached hydrogen (secondary N) is 1. The molecule has 2 heterocycles. The van der Waals surface area contributed by atoms with Gasteiger partial charge in [0.1, 0.15) is 5.54 Å². The van der Waals surface area contributed by atoms with Crippen molar-refractivity contribution in [1.29, 1.82) is 5.26 Å². The smallest absolute Gasteiger partial charge is 0.150 e. The van der Waals surface area contributed by atoms with Crippen molar-refractivity contribution in [2.24, 2.45) is 0 Å². The maximum absolute atomic E-state index is 11.5. The molecule has 0 amide bonds. The highest BCUT2D eigenvalue weighted by molar-refractivity contribution is 7.91. The Balaban J connectivity index is 2.12. The summed E-state index contributed by atoms with van der Waals surface area (Å²) in [6, 6.07) is 2.39. The summed E-state index contributed by atoms with van der Waals surface area (Å²) in [6.07, 6.45) is 1.95. The summed E-state index contributed by atoms with van der Waals surface area (Å²) >= 11 is 0. The molecule has 0 aromatic carbocycles. The van der Waals surface area contributed by atoms with Gasteiger partial charge in [0.05, 0.1) is 17.6 Å². The standard InChI is InChI=1S/C11H19N3O2S/c12-10-11(2-8-17(15,16)9-3-11)14-6-1-4-13-5-7-14/h13H,1-9H2. The van der Waals surface area contributed by atoms with Gasteiger partial charge in [-0.2, -0.15) is 5.26 Å². The van der Waals surface area contributed by atoms with Gasteiger partial charge >= 0.3 is 0 Å². The number of hydrogen-bond acceptors (Lipinski definition) is 5. The fraction of sp³-hybridized carbons (Fsp3) is 0.909. The molecular weight excluding hydrogens is 238 g/mol. The number of sulfone groups is 1. The Bertz CT molecular complexity index is 391. The molecule has 2 rings (SSSR count). The summed E-state index contributed by atoms with van der Waals surface area (Å²) in [5.74, 6) is 0.314. The highest BCUT2D eigenvalue weighted by atomic mass is 32.2. The third-order valence-corrected chi connectivity index (χ3v) is 5.46. The minimum absolute atomic E-state index is 0.157. The largest absolute Gasteiger partial charge is 0.315 e. The molecule has 2 fully saturated rings. The van der Waals surface area contributed by atoms with Crippen molar-refractivity contribution < 1.29 is 8.42 Å². The molecule has 96 valence electrons. The molecule has 0 spiro atoms. The predicted octanol–water partition coefficient (Wildman–Crippen LogP) is -0.247. The van der Waals surface area contributed by atoms with Crippen LogP contribution in [0.3, 0.4) is 0 Å². The van der Waals surface area contributed by atoms with Crippen LogP contribution < -0.4 is 5.32 Å². The van der Waals surface area contributed by atoms with Gasteiger partial charge < -0.3 is 5.32 Å². The van der Waals surface area contributed by atoms with E-state index in [1.54, 1.807) is 0 Å². The molecule has 5 nitrogen and oxygen atoms in total. The van der Waals surface area contributed by atoms with Crippen molar-refractivity contribution in [3.8, 4) is 6.07 Å². The van der Waals surface area contributed by atoms with E-state index in [-0.39, 0.29) is 11.5 Å². The van der Waals surface area contributed by atoms with E-state index in [2.05, 4.69) is 16.3 Å². The molecule has 0 radical (unpaired) electrons. The molecule has 2 aliphatic heterocycles. The van der Waals surface area contributed by atoms with E-state index in [0.29, 0.717) is 12.8 Å². The summed E-state index contributed by atoms with van der Waals surface area (Å²) in [7, 11) is -2.91. The summed E-state index contributed by atoms with van der Waals surface area (Å²) in [5, 5.41) is 12.8. The van der Waals surface area contributed by atoms with Crippen LogP contribution >= 0.6 is 0 Å². The molecule has 0 aromatic rings. The van der Waals surface area contributed by atoms with Crippen LogP contribution in [0.2, 0.25) is 0 Å². The summed E-state index contributed by atoms with van der Waals surface area (Å²) in [4.78, 5) is 2.18. The molecule has 2 aliphatic rings. The van der Waals surface area contributed by atoms with Gasteiger partial charge in [0, 0.05) is 19.6 Å². The average Bonchev–Trinajstić information content (AvgIpc) is 2.59. The van der Waals surface area contributed by atoms with Gasteiger partial charge in [-0.05, 0) is 25.8 Å². The van der Waals surface area contributed by atoms with Gasteiger partial charge in [-0.15, -0.1) is 0 Å². The predicted molar refractivity (Wildman–Crippen MR) is 65.3 cm³/mol. The van der Waals surface area contributed by atoms with Gasteiger partial charge in [0.2, 0.25) is 0 Å². The molecule has 0 unspecified atom stereocenters. The summed E-state index contributed by atoms with van der Waals surface area (Å²) in [6.45, 7) is 3.60. The Morgan fingerprint density at radius 2 is 1.88 bits per heavy atom. The van der Waals surface area contributed by atoms with Crippen LogP contribution in [0.4, 0.5) is 0 Å². The van der Waals surface area contributed by atoms with E-state index in [1.165, 1.54) is 0 Å². The highest BCUT2D eigenvalue weighted by Crippen LogP contribution is 2.30. The monoisotopic (exact) mass is 257 g/mol. The Kier molecular flexibility index (Phi) is 3.71. The summed E-state index contributed by atoms with van der Waals surface area (Å²) in [5.41, 5.74) is -0.544. The lowest BCUT2D eigenvalue weighted by molar-refractivity contribution is 0.134. The van der Waals surface area contributed by atoms with Crippen LogP contribution in [0.5, 0.6) is 0 Å². The van der Waals surface area contributed by atoms with Crippen LogP contribution in [0.1, 0.15) is 19.3 Å². The molecular formula is C11H19N3O2S. The fourth-order valence-electron chi connectivity index (χ4n) is 2.65. The van der Waals surface area contributed by atoms with Crippen molar-refractivity contribution in [1.82, 2.24) is 10.2 Å². The second kappa shape index (κ2) is 4.92. The lowest BCUT2D eigenvalue weighted by Crippen LogP contribution is -2.53. The molecule has 0 atom stereocenters. The van der Waals surface area contributed by atoms with Gasteiger partial charge in [0.15, 0.2) is 9.84 Å². The van der Waals surface area contributed by atoms with Crippen LogP contribution in [-0.2, 0) is 9.84 Å². The third-order valence-electron chi connectivity index (χ3n) is 3.81. The average molecular weight is 257 g/mol. The summed E-state index contributed by atoms with van der Waals surface area (Å²) < 4.78 is 22.9. The highest BCUT2D eigenvalue weighted by Gasteiger charge is 2.42. The zero-order valence-electron chi connectivity index (χ0n) is 9.98. The zero-order valence-corrected chi connectivity index (χ0v) is 10.8. The van der Waals surface area contributed by atoms with E-state index >= 15 is 0 Å². The molecule has 0 bridgehead atoms. The lowest BCUT2D eigenvalue weighted by atomic mass is 9.91. The Hall–Kier alpha value is -0.640. The molecule has 0 aliphatic carbocycles. The first-order chi connectivity index (χ1) is 8.08. The minimum atomic E-state index is -2.91. The topological polar surface area (TPSA) is 73.2 Å². The number of hydrogen-bond donors (Lipinski definition) is 1. The second-order valence-corrected chi connectivity index (χ2v) is 7.19. The number of rotatable bonds is 1. The van der Waals surface area contributed by atoms with Crippen molar-refractivity contribution in [3.05, 3.63) is 0 Å². The lowest BCUT2D eigenvalue weighted by Gasteiger charge is -2.40. The number of nitrogens with zero attached hydrogens (tertiary/aromatic N) is 2. The maximum Gasteiger partial charge on any atom is 0.150 e. The van der Waals surface area contributed by atoms with Crippen LogP contribution in [0.25, 0.3) is 0 Å². The maximum atomic E-state index is 11.5. The molecule has 17 heavy (non-hydrogen) atoms. The first kappa shape index (κ1) is 12.8. The van der Waals surface area contributed by atoms with Gasteiger partial charge in [-0.25, -0.2) is 8.42 Å². The Morgan fingerprint density at radius 3 is 2.53 bits per heavy atom. The van der Waals surface area contributed by atoms with Crippen molar-refractivity contribution in [2.75, 3.05) is 37.7 Å². The molecule has 0 saturated carbocycles. The van der Waals surface area contributed by atoms with Crippen LogP contribution in [-0.4, -0.2) is 56.5 Å². The van der Waals surface area contributed by atoms with E-state index < -0.39 is 15.4 Å². The molecule has 1 N–H and O–H groups in total. The van der Waals surface area contributed by atoms with Crippen molar-refractivity contribution in [3.63, 3.8) is 0 Å². The van der Waals surface area contributed by atoms with E-state index in [4.69, 9.17) is 0 Å². The van der Waals surface area contributed by atoms with Gasteiger partial charge in [-0.1, -0.05) is 0 Å². The second-order valence-electron chi connectivity index (χ2n) is 4.89. The fourth-order valence-corrected chi connectivity index (χ4v) is 4.15. The van der Waals surface area contributed by atoms with Gasteiger partial charge in [0.25, 0.3) is 0 Å². The first-order valence-corrected chi connectivity index (χ1v) is 7.98. The van der Waals surface area contributed by atoms with E-state index in [0.717, 1.165) is 32.6 Å². The Morgan fingerprint density at radius 1 is 1.18 bits per heavy atom. The SMILES string of the molecule is N#CC1(N2CCCNCC2)CCS(=O)(=O)CC1. The van der Waals surface area contributed by atoms with Crippen molar-refractivity contribution in [2.45, 2.75) is 24.8 Å².